The molecule has 3 heterocycles. The average molecular weight is 555 g/mol. The molecule has 2 N–H and O–H groups in total. The number of halogens is 4. The number of amides is 1. The fourth-order valence-electron chi connectivity index (χ4n) is 3.66. The maximum atomic E-state index is 14.4. The fraction of sp³-hybridized carbons (Fsp3) is 0.286. The molecule has 1 saturated heterocycles. The molecule has 0 aliphatic carbocycles. The molecular formula is C21H19F4N4NaO4S2. The summed E-state index contributed by atoms with van der Waals surface area (Å²) in [5.74, 6) is -1.48. The molecule has 188 valence electrons. The summed E-state index contributed by atoms with van der Waals surface area (Å²) >= 11 is 0.928. The van der Waals surface area contributed by atoms with Crippen molar-refractivity contribution in [1.29, 1.82) is 0 Å². The number of hydrogen-bond donors (Lipinski definition) is 2. The summed E-state index contributed by atoms with van der Waals surface area (Å²) in [5, 5.41) is 3.11. The molecule has 1 amide bonds. The molecule has 0 atom stereocenters. The predicted molar refractivity (Wildman–Crippen MR) is 123 cm³/mol. The Hall–Kier alpha value is -2.10. The van der Waals surface area contributed by atoms with E-state index in [4.69, 9.17) is 4.55 Å². The number of hydrogen-bond acceptors (Lipinski definition) is 7. The topological polar surface area (TPSA) is 112 Å². The zero-order chi connectivity index (χ0) is 25.4. The number of anilines is 2. The molecule has 3 aromatic rings. The van der Waals surface area contributed by atoms with E-state index < -0.39 is 38.8 Å². The second-order valence-electron chi connectivity index (χ2n) is 7.76. The largest absolute Gasteiger partial charge is 1.00 e. The van der Waals surface area contributed by atoms with Gasteiger partial charge in [0.05, 0.1) is 22.1 Å². The van der Waals surface area contributed by atoms with E-state index in [-0.39, 0.29) is 65.8 Å². The molecular weight excluding hydrogens is 535 g/mol. The summed E-state index contributed by atoms with van der Waals surface area (Å²) in [6, 6.07) is 5.99. The van der Waals surface area contributed by atoms with Crippen molar-refractivity contribution in [2.45, 2.75) is 24.3 Å². The van der Waals surface area contributed by atoms with E-state index in [1.165, 1.54) is 23.7 Å². The van der Waals surface area contributed by atoms with Gasteiger partial charge in [-0.3, -0.25) is 14.7 Å². The van der Waals surface area contributed by atoms with Crippen molar-refractivity contribution in [2.75, 3.05) is 23.3 Å². The van der Waals surface area contributed by atoms with Crippen molar-refractivity contribution in [2.24, 2.45) is 0 Å². The van der Waals surface area contributed by atoms with Gasteiger partial charge < -0.3 is 6.33 Å². The van der Waals surface area contributed by atoms with Crippen LogP contribution < -0.4 is 39.8 Å². The maximum Gasteiger partial charge on any atom is 1.00 e. The first-order valence-corrected chi connectivity index (χ1v) is 12.6. The Morgan fingerprint density at radius 1 is 1.19 bits per heavy atom. The van der Waals surface area contributed by atoms with Crippen molar-refractivity contribution in [3.05, 3.63) is 58.9 Å². The first kappa shape index (κ1) is 28.5. The normalized spacial score (nSPS) is 14.9. The minimum atomic E-state index is -4.85. The number of alkyl halides is 3. The van der Waals surface area contributed by atoms with E-state index in [1.807, 2.05) is 4.90 Å². The Bertz CT molecular complexity index is 1350. The third-order valence-corrected chi connectivity index (χ3v) is 7.57. The Morgan fingerprint density at radius 2 is 1.89 bits per heavy atom. The van der Waals surface area contributed by atoms with Crippen molar-refractivity contribution < 1.29 is 66.3 Å². The van der Waals surface area contributed by atoms with E-state index in [2.05, 4.69) is 15.3 Å². The Morgan fingerprint density at radius 3 is 2.47 bits per heavy atom. The van der Waals surface area contributed by atoms with Gasteiger partial charge in [0, 0.05) is 30.2 Å². The quantitative estimate of drug-likeness (QED) is 0.280. The van der Waals surface area contributed by atoms with E-state index >= 15 is 0 Å². The molecule has 36 heavy (non-hydrogen) atoms. The van der Waals surface area contributed by atoms with Crippen molar-refractivity contribution in [3.63, 3.8) is 0 Å². The average Bonchev–Trinajstić information content (AvgIpc) is 3.26. The monoisotopic (exact) mass is 554 g/mol. The van der Waals surface area contributed by atoms with Gasteiger partial charge in [0.25, 0.3) is 16.0 Å². The number of aromatic nitrogens is 2. The SMILES string of the molecule is O=C(Nc1nc(-c2cccc(C(F)(F)F)c2F)cs1)c1ccc(N2CCC(S(=O)(=O)O)CC2)nc1.[H-].[Na+]. The molecule has 0 spiro atoms. The van der Waals surface area contributed by atoms with Crippen LogP contribution in [0.3, 0.4) is 0 Å². The zero-order valence-corrected chi connectivity index (χ0v) is 22.4. The molecule has 0 saturated carbocycles. The Labute approximate surface area is 231 Å². The minimum Gasteiger partial charge on any atom is -1.00 e. The summed E-state index contributed by atoms with van der Waals surface area (Å²) < 4.78 is 84.9. The van der Waals surface area contributed by atoms with Crippen LogP contribution in [0.25, 0.3) is 11.3 Å². The fourth-order valence-corrected chi connectivity index (χ4v) is 5.18. The van der Waals surface area contributed by atoms with Gasteiger partial charge >= 0.3 is 35.7 Å². The van der Waals surface area contributed by atoms with E-state index in [9.17, 15) is 30.8 Å². The van der Waals surface area contributed by atoms with Gasteiger partial charge in [-0.1, -0.05) is 6.07 Å². The minimum absolute atomic E-state index is 0. The number of piperidine rings is 1. The summed E-state index contributed by atoms with van der Waals surface area (Å²) in [7, 11) is -4.08. The smallest absolute Gasteiger partial charge is 1.00 e. The van der Waals surface area contributed by atoms with Gasteiger partial charge in [0.2, 0.25) is 0 Å². The van der Waals surface area contributed by atoms with Crippen LogP contribution in [0, 0.1) is 5.82 Å². The van der Waals surface area contributed by atoms with Crippen LogP contribution in [0.15, 0.2) is 41.9 Å². The summed E-state index contributed by atoms with van der Waals surface area (Å²) in [6.07, 6.45) is -3.03. The molecule has 8 nitrogen and oxygen atoms in total. The van der Waals surface area contributed by atoms with Gasteiger partial charge in [0.1, 0.15) is 11.6 Å². The van der Waals surface area contributed by atoms with Crippen LogP contribution in [0.5, 0.6) is 0 Å². The molecule has 15 heteroatoms. The second-order valence-corrected chi connectivity index (χ2v) is 10.3. The van der Waals surface area contributed by atoms with Crippen LogP contribution in [-0.2, 0) is 16.3 Å². The van der Waals surface area contributed by atoms with Gasteiger partial charge in [-0.2, -0.15) is 21.6 Å². The number of thiazole rings is 1. The van der Waals surface area contributed by atoms with Crippen molar-refractivity contribution >= 4 is 38.3 Å². The van der Waals surface area contributed by atoms with Crippen LogP contribution in [0.4, 0.5) is 28.5 Å². The Balaban J connectivity index is 0.00000241. The molecule has 0 radical (unpaired) electrons. The third-order valence-electron chi connectivity index (χ3n) is 5.50. The van der Waals surface area contributed by atoms with Crippen LogP contribution in [0.1, 0.15) is 30.2 Å². The molecule has 0 bridgehead atoms. The van der Waals surface area contributed by atoms with Gasteiger partial charge in [-0.15, -0.1) is 11.3 Å². The number of carbonyl (C=O) groups excluding carboxylic acids is 1. The molecule has 1 aliphatic rings. The van der Waals surface area contributed by atoms with Crippen molar-refractivity contribution in [1.82, 2.24) is 9.97 Å². The zero-order valence-electron chi connectivity index (χ0n) is 19.8. The predicted octanol–water partition coefficient (Wildman–Crippen LogP) is 1.59. The van der Waals surface area contributed by atoms with E-state index in [1.54, 1.807) is 6.07 Å². The molecule has 2 aromatic heterocycles. The van der Waals surface area contributed by atoms with Crippen LogP contribution >= 0.6 is 11.3 Å². The van der Waals surface area contributed by atoms with Crippen molar-refractivity contribution in [3.8, 4) is 11.3 Å². The van der Waals surface area contributed by atoms with Gasteiger partial charge in [-0.05, 0) is 37.1 Å². The second kappa shape index (κ2) is 11.1. The number of nitrogens with one attached hydrogen (secondary N) is 1. The summed E-state index contributed by atoms with van der Waals surface area (Å²) in [6.45, 7) is 0.744. The molecule has 1 fully saturated rings. The molecule has 1 aliphatic heterocycles. The number of nitrogens with zero attached hydrogens (tertiary/aromatic N) is 3. The van der Waals surface area contributed by atoms with E-state index in [0.717, 1.165) is 17.4 Å². The van der Waals surface area contributed by atoms with Gasteiger partial charge in [0.15, 0.2) is 5.13 Å². The number of pyridine rings is 1. The summed E-state index contributed by atoms with van der Waals surface area (Å²) in [4.78, 5) is 22.6. The maximum absolute atomic E-state index is 14.4. The molecule has 1 aromatic carbocycles. The number of benzene rings is 1. The van der Waals surface area contributed by atoms with Crippen LogP contribution in [0.2, 0.25) is 0 Å². The molecule has 4 rings (SSSR count). The molecule has 0 unspecified atom stereocenters. The van der Waals surface area contributed by atoms with Gasteiger partial charge in [-0.25, -0.2) is 14.4 Å². The number of carbonyl (C=O) groups is 1. The Kier molecular flexibility index (Phi) is 8.78. The third kappa shape index (κ3) is 6.42. The standard InChI is InChI=1S/C21H18F4N4O4S2.Na.H/c22-18-14(2-1-3-15(18)21(23,24)25)16-11-34-20(27-16)28-19(30)12-4-5-17(26-10-12)29-8-6-13(7-9-29)35(31,32)33;;/h1-5,10-11,13H,6-9H2,(H,27,28,30)(H,31,32,33);;/q;+1;-1. The summed E-state index contributed by atoms with van der Waals surface area (Å²) in [5.41, 5.74) is -1.60. The van der Waals surface area contributed by atoms with Crippen LogP contribution in [-0.4, -0.2) is 47.2 Å². The first-order chi connectivity index (χ1) is 16.4. The first-order valence-electron chi connectivity index (χ1n) is 10.2. The van der Waals surface area contributed by atoms with E-state index in [0.29, 0.717) is 25.0 Å². The number of rotatable bonds is 5.